The Hall–Kier alpha value is 0. The molecule has 0 aromatic carbocycles. The molecule has 0 amide bonds. The highest BCUT2D eigenvalue weighted by Crippen LogP contribution is 2.25. The molecule has 0 saturated heterocycles. The third kappa shape index (κ3) is 40.2. The largest absolute Gasteiger partial charge is 0.0654 e. The van der Waals surface area contributed by atoms with Crippen molar-refractivity contribution in [3.63, 3.8) is 0 Å². The zero-order chi connectivity index (χ0) is 31.6. The van der Waals surface area contributed by atoms with Crippen LogP contribution in [0, 0.1) is 59.2 Å². The van der Waals surface area contributed by atoms with Gasteiger partial charge in [0.1, 0.15) is 0 Å². The average molecular weight is 555 g/mol. The molecular weight excluding hydrogens is 468 g/mol. The molecule has 0 rings (SSSR count). The Morgan fingerprint density at radius 1 is 0.333 bits per heavy atom. The molecule has 0 aliphatic heterocycles. The number of rotatable bonds is 17. The fourth-order valence-electron chi connectivity index (χ4n) is 5.26. The summed E-state index contributed by atoms with van der Waals surface area (Å²) in [6, 6.07) is 0. The quantitative estimate of drug-likeness (QED) is 0.168. The highest BCUT2D eigenvalue weighted by Gasteiger charge is 2.13. The van der Waals surface area contributed by atoms with Crippen molar-refractivity contribution in [1.29, 1.82) is 0 Å². The van der Waals surface area contributed by atoms with Crippen LogP contribution in [0.3, 0.4) is 0 Å². The summed E-state index contributed by atoms with van der Waals surface area (Å²) in [5.41, 5.74) is 0. The highest BCUT2D eigenvalue weighted by molar-refractivity contribution is 4.65. The van der Waals surface area contributed by atoms with E-state index in [0.29, 0.717) is 0 Å². The summed E-state index contributed by atoms with van der Waals surface area (Å²) in [6.07, 6.45) is 15.1. The van der Waals surface area contributed by atoms with Crippen LogP contribution in [0.1, 0.15) is 195 Å². The lowest BCUT2D eigenvalue weighted by Gasteiger charge is -2.22. The van der Waals surface area contributed by atoms with Crippen LogP contribution >= 0.6 is 0 Å². The van der Waals surface area contributed by atoms with E-state index in [2.05, 4.69) is 125 Å². The molecule has 0 aliphatic rings. The van der Waals surface area contributed by atoms with E-state index in [1.54, 1.807) is 0 Å². The maximum Gasteiger partial charge on any atom is -0.0417 e. The maximum atomic E-state index is 2.41. The fraction of sp³-hybridized carbons (Fsp3) is 1.00. The lowest BCUT2D eigenvalue weighted by molar-refractivity contribution is 0.293. The molecule has 0 radical (unpaired) electrons. The smallest absolute Gasteiger partial charge is 0.0417 e. The summed E-state index contributed by atoms with van der Waals surface area (Å²) in [5.74, 6) is 9.04. The third-order valence-corrected chi connectivity index (χ3v) is 8.84. The Bertz CT molecular complexity index is 417. The van der Waals surface area contributed by atoms with Gasteiger partial charge in [0.2, 0.25) is 0 Å². The van der Waals surface area contributed by atoms with Crippen LogP contribution in [0.5, 0.6) is 0 Å². The van der Waals surface area contributed by atoms with Crippen molar-refractivity contribution in [3.8, 4) is 0 Å². The van der Waals surface area contributed by atoms with Gasteiger partial charge < -0.3 is 0 Å². The van der Waals surface area contributed by atoms with E-state index in [1.807, 2.05) is 0 Å². The summed E-state index contributed by atoms with van der Waals surface area (Å²) in [7, 11) is 0. The molecular formula is C39H86. The Labute approximate surface area is 254 Å². The Kier molecular flexibility index (Phi) is 36.5. The molecule has 0 fully saturated rings. The molecule has 0 nitrogen and oxygen atoms in total. The van der Waals surface area contributed by atoms with E-state index in [-0.39, 0.29) is 0 Å². The van der Waals surface area contributed by atoms with Gasteiger partial charge in [-0.2, -0.15) is 0 Å². The van der Waals surface area contributed by atoms with E-state index in [0.717, 1.165) is 59.2 Å². The SMILES string of the molecule is CCC(C)CC(C)C.CCC(C)CC(C)C.CCC(C)CC(C)CC(C)C(C)C.CCCC(C)CC(C)CC. The lowest BCUT2D eigenvalue weighted by Crippen LogP contribution is -2.11. The van der Waals surface area contributed by atoms with Gasteiger partial charge in [0, 0.05) is 0 Å². The first kappa shape index (κ1) is 46.0. The molecule has 0 aliphatic carbocycles. The first-order valence-corrected chi connectivity index (χ1v) is 18.0. The summed E-state index contributed by atoms with van der Waals surface area (Å²) in [5, 5.41) is 0. The zero-order valence-electron chi connectivity index (χ0n) is 31.6. The van der Waals surface area contributed by atoms with Gasteiger partial charge in [-0.25, -0.2) is 0 Å². The molecule has 0 heteroatoms. The first-order valence-electron chi connectivity index (χ1n) is 18.0. The molecule has 0 heterocycles. The predicted octanol–water partition coefficient (Wildman–Crippen LogP) is 14.8. The van der Waals surface area contributed by atoms with Crippen molar-refractivity contribution in [3.05, 3.63) is 0 Å². The topological polar surface area (TPSA) is 0 Å². The second-order valence-electron chi connectivity index (χ2n) is 15.2. The minimum absolute atomic E-state index is 0.847. The molecule has 39 heavy (non-hydrogen) atoms. The minimum atomic E-state index is 0.847. The first-order chi connectivity index (χ1) is 18.0. The Balaban J connectivity index is -0.000000214. The summed E-state index contributed by atoms with van der Waals surface area (Å²) in [6.45, 7) is 41.7. The third-order valence-electron chi connectivity index (χ3n) is 8.84. The van der Waals surface area contributed by atoms with Crippen LogP contribution in [0.25, 0.3) is 0 Å². The molecule has 7 unspecified atom stereocenters. The Morgan fingerprint density at radius 3 is 0.872 bits per heavy atom. The second-order valence-corrected chi connectivity index (χ2v) is 15.2. The summed E-state index contributed by atoms with van der Waals surface area (Å²) in [4.78, 5) is 0. The number of hydrogen-bond acceptors (Lipinski definition) is 0. The Morgan fingerprint density at radius 2 is 0.641 bits per heavy atom. The van der Waals surface area contributed by atoms with Gasteiger partial charge in [-0.1, -0.05) is 163 Å². The standard InChI is InChI=1S/C13H28.C10H22.2C8H18/c1-7-11(4)8-12(5)9-13(6)10(2)3;1-5-7-10(4)8-9(3)6-2;2*1-5-8(4)6-7(2)3/h10-13H,7-9H2,1-6H3;9-10H,5-8H2,1-4H3;2*7-8H,5-6H2,1-4H3. The van der Waals surface area contributed by atoms with Gasteiger partial charge in [-0.15, -0.1) is 0 Å². The van der Waals surface area contributed by atoms with Crippen molar-refractivity contribution in [1.82, 2.24) is 0 Å². The molecule has 0 aromatic heterocycles. The van der Waals surface area contributed by atoms with Gasteiger partial charge in [0.25, 0.3) is 0 Å². The van der Waals surface area contributed by atoms with Crippen LogP contribution in [-0.2, 0) is 0 Å². The van der Waals surface area contributed by atoms with Crippen molar-refractivity contribution in [2.75, 3.05) is 0 Å². The lowest BCUT2D eigenvalue weighted by atomic mass is 9.84. The normalized spacial score (nSPS) is 16.5. The molecule has 0 spiro atoms. The van der Waals surface area contributed by atoms with Crippen LogP contribution in [0.15, 0.2) is 0 Å². The zero-order valence-corrected chi connectivity index (χ0v) is 31.6. The van der Waals surface area contributed by atoms with Crippen LogP contribution in [0.4, 0.5) is 0 Å². The van der Waals surface area contributed by atoms with Gasteiger partial charge in [0.05, 0.1) is 0 Å². The summed E-state index contributed by atoms with van der Waals surface area (Å²) >= 11 is 0. The molecule has 0 N–H and O–H groups in total. The highest BCUT2D eigenvalue weighted by atomic mass is 14.2. The minimum Gasteiger partial charge on any atom is -0.0654 e. The molecule has 242 valence electrons. The monoisotopic (exact) mass is 555 g/mol. The fourth-order valence-corrected chi connectivity index (χ4v) is 5.26. The van der Waals surface area contributed by atoms with E-state index in [4.69, 9.17) is 0 Å². The van der Waals surface area contributed by atoms with Gasteiger partial charge in [-0.3, -0.25) is 0 Å². The van der Waals surface area contributed by atoms with Crippen LogP contribution in [-0.4, -0.2) is 0 Å². The second kappa shape index (κ2) is 30.9. The van der Waals surface area contributed by atoms with Gasteiger partial charge in [0.15, 0.2) is 0 Å². The van der Waals surface area contributed by atoms with E-state index >= 15 is 0 Å². The van der Waals surface area contributed by atoms with Crippen molar-refractivity contribution in [2.24, 2.45) is 59.2 Å². The van der Waals surface area contributed by atoms with Crippen LogP contribution < -0.4 is 0 Å². The average Bonchev–Trinajstić information content (AvgIpc) is 2.83. The number of hydrogen-bond donors (Lipinski definition) is 0. The van der Waals surface area contributed by atoms with Crippen molar-refractivity contribution < 1.29 is 0 Å². The van der Waals surface area contributed by atoms with E-state index in [9.17, 15) is 0 Å². The van der Waals surface area contributed by atoms with E-state index < -0.39 is 0 Å². The van der Waals surface area contributed by atoms with Crippen molar-refractivity contribution in [2.45, 2.75) is 195 Å². The van der Waals surface area contributed by atoms with Gasteiger partial charge >= 0.3 is 0 Å². The van der Waals surface area contributed by atoms with E-state index in [1.165, 1.54) is 70.6 Å². The molecule has 0 bridgehead atoms. The molecule has 0 aromatic rings. The summed E-state index contributed by atoms with van der Waals surface area (Å²) < 4.78 is 0. The van der Waals surface area contributed by atoms with Crippen molar-refractivity contribution >= 4 is 0 Å². The van der Waals surface area contributed by atoms with Crippen LogP contribution in [0.2, 0.25) is 0 Å². The maximum absolute atomic E-state index is 2.41. The predicted molar refractivity (Wildman–Crippen MR) is 188 cm³/mol. The molecule has 0 saturated carbocycles. The molecule has 7 atom stereocenters. The van der Waals surface area contributed by atoms with Gasteiger partial charge in [-0.05, 0) is 91.3 Å².